The van der Waals surface area contributed by atoms with Gasteiger partial charge < -0.3 is 10.5 Å². The number of thiazole rings is 1. The fourth-order valence-corrected chi connectivity index (χ4v) is 3.23. The zero-order valence-electron chi connectivity index (χ0n) is 10.3. The minimum absolute atomic E-state index is 0.509. The lowest BCUT2D eigenvalue weighted by Crippen LogP contribution is -2.05. The van der Waals surface area contributed by atoms with Crippen molar-refractivity contribution in [1.29, 1.82) is 0 Å². The molecule has 3 nitrogen and oxygen atoms in total. The molecule has 0 spiro atoms. The average molecular weight is 280 g/mol. The number of hydrogen-bond donors (Lipinski definition) is 1. The lowest BCUT2D eigenvalue weighted by atomic mass is 10.2. The molecule has 0 bridgehead atoms. The maximum Gasteiger partial charge on any atom is 0.150 e. The number of thioether (sulfide) groups is 1. The average Bonchev–Trinajstić information content (AvgIpc) is 2.81. The molecular formula is C13H16N2OS2. The lowest BCUT2D eigenvalue weighted by Gasteiger charge is -2.09. The van der Waals surface area contributed by atoms with E-state index in [0.29, 0.717) is 13.2 Å². The highest BCUT2D eigenvalue weighted by Crippen LogP contribution is 2.23. The number of para-hydroxylation sites is 1. The summed E-state index contributed by atoms with van der Waals surface area (Å²) in [5.41, 5.74) is 7.78. The highest BCUT2D eigenvalue weighted by atomic mass is 32.2. The summed E-state index contributed by atoms with van der Waals surface area (Å²) < 4.78 is 6.83. The van der Waals surface area contributed by atoms with E-state index in [-0.39, 0.29) is 0 Å². The molecule has 0 amide bonds. The van der Waals surface area contributed by atoms with E-state index >= 15 is 0 Å². The molecule has 0 aliphatic rings. The van der Waals surface area contributed by atoms with Crippen LogP contribution in [-0.4, -0.2) is 17.3 Å². The normalized spacial score (nSPS) is 10.6. The van der Waals surface area contributed by atoms with Crippen LogP contribution in [0.15, 0.2) is 34.0 Å². The van der Waals surface area contributed by atoms with Crippen LogP contribution in [-0.2, 0) is 6.54 Å². The minimum Gasteiger partial charge on any atom is -0.492 e. The Balaban J connectivity index is 1.78. The van der Waals surface area contributed by atoms with Gasteiger partial charge in [-0.15, -0.1) is 11.3 Å². The van der Waals surface area contributed by atoms with E-state index < -0.39 is 0 Å². The molecular weight excluding hydrogens is 264 g/mol. The molecule has 0 atom stereocenters. The molecule has 1 aromatic carbocycles. The molecule has 0 saturated carbocycles. The minimum atomic E-state index is 0.509. The molecule has 5 heteroatoms. The van der Waals surface area contributed by atoms with Gasteiger partial charge in [-0.1, -0.05) is 30.0 Å². The van der Waals surface area contributed by atoms with Crippen LogP contribution in [0, 0.1) is 6.92 Å². The number of nitrogens with zero attached hydrogens (tertiary/aromatic N) is 1. The van der Waals surface area contributed by atoms with Crippen LogP contribution in [0.4, 0.5) is 0 Å². The van der Waals surface area contributed by atoms with E-state index in [0.717, 1.165) is 27.1 Å². The Hall–Kier alpha value is -1.04. The van der Waals surface area contributed by atoms with Crippen LogP contribution >= 0.6 is 23.1 Å². The molecule has 2 aromatic rings. The van der Waals surface area contributed by atoms with Crippen molar-refractivity contribution in [3.05, 3.63) is 40.9 Å². The Morgan fingerprint density at radius 2 is 2.22 bits per heavy atom. The van der Waals surface area contributed by atoms with Crippen molar-refractivity contribution in [2.24, 2.45) is 5.73 Å². The summed E-state index contributed by atoms with van der Waals surface area (Å²) in [6.07, 6.45) is 0. The zero-order chi connectivity index (χ0) is 12.8. The van der Waals surface area contributed by atoms with Gasteiger partial charge >= 0.3 is 0 Å². The maximum absolute atomic E-state index is 5.73. The predicted octanol–water partition coefficient (Wildman–Crippen LogP) is 3.08. The summed E-state index contributed by atoms with van der Waals surface area (Å²) in [4.78, 5) is 4.39. The molecule has 2 rings (SSSR count). The van der Waals surface area contributed by atoms with Crippen LogP contribution in [0.2, 0.25) is 0 Å². The standard InChI is InChI=1S/C13H16N2OS2/c1-10-9-18-13(15-10)17-7-6-16-12-5-3-2-4-11(12)8-14/h2-5,9H,6-8,14H2,1H3. The van der Waals surface area contributed by atoms with Gasteiger partial charge in [-0.25, -0.2) is 4.98 Å². The number of hydrogen-bond acceptors (Lipinski definition) is 5. The number of nitrogens with two attached hydrogens (primary N) is 1. The fraction of sp³-hybridized carbons (Fsp3) is 0.308. The topological polar surface area (TPSA) is 48.1 Å². The van der Waals surface area contributed by atoms with Gasteiger partial charge in [0.2, 0.25) is 0 Å². The maximum atomic E-state index is 5.73. The van der Waals surface area contributed by atoms with Crippen molar-refractivity contribution in [2.75, 3.05) is 12.4 Å². The summed E-state index contributed by atoms with van der Waals surface area (Å²) in [5.74, 6) is 1.78. The quantitative estimate of drug-likeness (QED) is 0.652. The molecule has 18 heavy (non-hydrogen) atoms. The van der Waals surface area contributed by atoms with Crippen LogP contribution < -0.4 is 10.5 Å². The van der Waals surface area contributed by atoms with E-state index in [2.05, 4.69) is 10.4 Å². The molecule has 2 N–H and O–H groups in total. The van der Waals surface area contributed by atoms with E-state index in [1.54, 1.807) is 23.1 Å². The first kappa shape index (κ1) is 13.4. The van der Waals surface area contributed by atoms with Gasteiger partial charge in [0.1, 0.15) is 10.1 Å². The highest BCUT2D eigenvalue weighted by Gasteiger charge is 2.02. The van der Waals surface area contributed by atoms with Crippen molar-refractivity contribution in [3.63, 3.8) is 0 Å². The second-order valence-electron chi connectivity index (χ2n) is 3.76. The number of ether oxygens (including phenoxy) is 1. The Bertz CT molecular complexity index is 499. The second kappa shape index (κ2) is 6.78. The predicted molar refractivity (Wildman–Crippen MR) is 77.4 cm³/mol. The summed E-state index contributed by atoms with van der Waals surface area (Å²) in [6, 6.07) is 7.89. The molecule has 0 fully saturated rings. The number of benzene rings is 1. The fourth-order valence-electron chi connectivity index (χ4n) is 1.49. The third kappa shape index (κ3) is 3.73. The molecule has 96 valence electrons. The molecule has 0 radical (unpaired) electrons. The monoisotopic (exact) mass is 280 g/mol. The first-order chi connectivity index (χ1) is 8.79. The lowest BCUT2D eigenvalue weighted by molar-refractivity contribution is 0.340. The largest absolute Gasteiger partial charge is 0.492 e. The zero-order valence-corrected chi connectivity index (χ0v) is 11.9. The molecule has 0 aliphatic carbocycles. The van der Waals surface area contributed by atoms with Gasteiger partial charge in [-0.2, -0.15) is 0 Å². The van der Waals surface area contributed by atoms with Gasteiger partial charge in [0.25, 0.3) is 0 Å². The molecule has 1 heterocycles. The van der Waals surface area contributed by atoms with Gasteiger partial charge in [0, 0.05) is 28.9 Å². The Labute approximate surface area is 115 Å². The summed E-state index contributed by atoms with van der Waals surface area (Å²) in [7, 11) is 0. The van der Waals surface area contributed by atoms with Gasteiger partial charge in [-0.05, 0) is 13.0 Å². The third-order valence-electron chi connectivity index (χ3n) is 2.36. The van der Waals surface area contributed by atoms with Gasteiger partial charge in [0.15, 0.2) is 0 Å². The number of aromatic nitrogens is 1. The van der Waals surface area contributed by atoms with Crippen molar-refractivity contribution in [2.45, 2.75) is 17.8 Å². The summed E-state index contributed by atoms with van der Waals surface area (Å²) >= 11 is 3.40. The van der Waals surface area contributed by atoms with E-state index in [1.165, 1.54) is 0 Å². The van der Waals surface area contributed by atoms with Crippen molar-refractivity contribution in [1.82, 2.24) is 4.98 Å². The SMILES string of the molecule is Cc1csc(SCCOc2ccccc2CN)n1. The van der Waals surface area contributed by atoms with Crippen molar-refractivity contribution < 1.29 is 4.74 Å². The Morgan fingerprint density at radius 3 is 2.94 bits per heavy atom. The summed E-state index contributed by atoms with van der Waals surface area (Å²) in [5, 5.41) is 2.06. The van der Waals surface area contributed by atoms with Gasteiger partial charge in [0.05, 0.1) is 6.61 Å². The first-order valence-electron chi connectivity index (χ1n) is 5.75. The highest BCUT2D eigenvalue weighted by molar-refractivity contribution is 8.01. The van der Waals surface area contributed by atoms with E-state index in [4.69, 9.17) is 10.5 Å². The number of aryl methyl sites for hydroxylation is 1. The Morgan fingerprint density at radius 1 is 1.39 bits per heavy atom. The summed E-state index contributed by atoms with van der Waals surface area (Å²) in [6.45, 7) is 3.18. The third-order valence-corrected chi connectivity index (χ3v) is 4.46. The van der Waals surface area contributed by atoms with Gasteiger partial charge in [-0.3, -0.25) is 0 Å². The van der Waals surface area contributed by atoms with Crippen molar-refractivity contribution in [3.8, 4) is 5.75 Å². The van der Waals surface area contributed by atoms with Crippen LogP contribution in [0.1, 0.15) is 11.3 Å². The molecule has 1 aromatic heterocycles. The second-order valence-corrected chi connectivity index (χ2v) is 5.96. The number of rotatable bonds is 6. The molecule has 0 aliphatic heterocycles. The van der Waals surface area contributed by atoms with Crippen LogP contribution in [0.25, 0.3) is 0 Å². The van der Waals surface area contributed by atoms with Crippen LogP contribution in [0.3, 0.4) is 0 Å². The van der Waals surface area contributed by atoms with Crippen LogP contribution in [0.5, 0.6) is 5.75 Å². The molecule has 0 unspecified atom stereocenters. The Kier molecular flexibility index (Phi) is 5.04. The van der Waals surface area contributed by atoms with E-state index in [1.807, 2.05) is 31.2 Å². The smallest absolute Gasteiger partial charge is 0.150 e. The van der Waals surface area contributed by atoms with E-state index in [9.17, 15) is 0 Å². The first-order valence-corrected chi connectivity index (χ1v) is 7.62. The molecule has 0 saturated heterocycles. The van der Waals surface area contributed by atoms with Crippen molar-refractivity contribution >= 4 is 23.1 Å².